The second-order valence-electron chi connectivity index (χ2n) is 7.70. The lowest BCUT2D eigenvalue weighted by atomic mass is 9.74. The Bertz CT molecular complexity index is 314. The lowest BCUT2D eigenvalue weighted by Gasteiger charge is -2.37. The van der Waals surface area contributed by atoms with Crippen LogP contribution in [0.3, 0.4) is 0 Å². The van der Waals surface area contributed by atoms with E-state index in [0.717, 1.165) is 32.1 Å². The highest BCUT2D eigenvalue weighted by Crippen LogP contribution is 2.52. The van der Waals surface area contributed by atoms with Crippen LogP contribution < -0.4 is 5.73 Å². The first-order valence-corrected chi connectivity index (χ1v) is 7.27. The van der Waals surface area contributed by atoms with Crippen LogP contribution in [0.15, 0.2) is 0 Å². The molecule has 3 heteroatoms. The monoisotopic (exact) mass is 255 g/mol. The van der Waals surface area contributed by atoms with Crippen molar-refractivity contribution in [3.05, 3.63) is 0 Å². The summed E-state index contributed by atoms with van der Waals surface area (Å²) in [5, 5.41) is 10.6. The Kier molecular flexibility index (Phi) is 3.54. The van der Waals surface area contributed by atoms with Crippen LogP contribution in [-0.2, 0) is 4.74 Å². The Labute approximate surface area is 111 Å². The minimum absolute atomic E-state index is 0.000467. The van der Waals surface area contributed by atoms with Gasteiger partial charge < -0.3 is 15.6 Å². The van der Waals surface area contributed by atoms with Crippen molar-refractivity contribution < 1.29 is 9.84 Å². The van der Waals surface area contributed by atoms with Crippen LogP contribution in [-0.4, -0.2) is 29.5 Å². The van der Waals surface area contributed by atoms with E-state index in [1.54, 1.807) is 0 Å². The van der Waals surface area contributed by atoms with E-state index in [2.05, 4.69) is 27.7 Å². The summed E-state index contributed by atoms with van der Waals surface area (Å²) in [6.07, 6.45) is 5.17. The highest BCUT2D eigenvalue weighted by atomic mass is 16.5. The third-order valence-corrected chi connectivity index (χ3v) is 5.18. The van der Waals surface area contributed by atoms with Crippen LogP contribution in [0, 0.1) is 10.8 Å². The fourth-order valence-electron chi connectivity index (χ4n) is 3.86. The maximum absolute atomic E-state index is 10.6. The van der Waals surface area contributed by atoms with Gasteiger partial charge in [0.1, 0.15) is 0 Å². The summed E-state index contributed by atoms with van der Waals surface area (Å²) in [6.45, 7) is 9.16. The zero-order valence-corrected chi connectivity index (χ0v) is 12.3. The third kappa shape index (κ3) is 2.45. The van der Waals surface area contributed by atoms with E-state index in [1.807, 2.05) is 0 Å². The minimum atomic E-state index is -0.303. The first-order valence-electron chi connectivity index (χ1n) is 7.27. The number of aliphatic hydroxyl groups excluding tert-OH is 1. The van der Waals surface area contributed by atoms with Gasteiger partial charge in [0, 0.05) is 12.0 Å². The predicted molar refractivity (Wildman–Crippen MR) is 73.3 cm³/mol. The van der Waals surface area contributed by atoms with Gasteiger partial charge in [0.05, 0.1) is 17.8 Å². The molecule has 106 valence electrons. The molecule has 0 bridgehead atoms. The molecular weight excluding hydrogens is 226 g/mol. The van der Waals surface area contributed by atoms with Gasteiger partial charge in [-0.25, -0.2) is 0 Å². The Hall–Kier alpha value is -0.120. The van der Waals surface area contributed by atoms with Crippen molar-refractivity contribution in [3.63, 3.8) is 0 Å². The van der Waals surface area contributed by atoms with E-state index in [1.165, 1.54) is 0 Å². The molecule has 3 unspecified atom stereocenters. The molecule has 1 heterocycles. The molecule has 0 aromatic heterocycles. The van der Waals surface area contributed by atoms with Crippen molar-refractivity contribution in [2.24, 2.45) is 16.6 Å². The maximum Gasteiger partial charge on any atom is 0.0660 e. The second-order valence-corrected chi connectivity index (χ2v) is 7.70. The topological polar surface area (TPSA) is 55.5 Å². The second kappa shape index (κ2) is 4.46. The van der Waals surface area contributed by atoms with Crippen LogP contribution >= 0.6 is 0 Å². The summed E-state index contributed by atoms with van der Waals surface area (Å²) < 4.78 is 6.09. The minimum Gasteiger partial charge on any atom is -0.392 e. The SMILES string of the molecule is CC1(C)CCC(CC2(CN)CCC(C)(C)C2O)O1. The third-order valence-electron chi connectivity index (χ3n) is 5.18. The average Bonchev–Trinajstić information content (AvgIpc) is 2.72. The van der Waals surface area contributed by atoms with Crippen molar-refractivity contribution in [1.29, 1.82) is 0 Å². The fourth-order valence-corrected chi connectivity index (χ4v) is 3.86. The van der Waals surface area contributed by atoms with Crippen LogP contribution in [0.1, 0.15) is 59.8 Å². The van der Waals surface area contributed by atoms with Crippen LogP contribution in [0.2, 0.25) is 0 Å². The van der Waals surface area contributed by atoms with Crippen LogP contribution in [0.25, 0.3) is 0 Å². The van der Waals surface area contributed by atoms with Crippen molar-refractivity contribution in [2.45, 2.75) is 77.6 Å². The maximum atomic E-state index is 10.6. The smallest absolute Gasteiger partial charge is 0.0660 e. The van der Waals surface area contributed by atoms with Gasteiger partial charge in [-0.15, -0.1) is 0 Å². The zero-order chi connectivity index (χ0) is 13.6. The van der Waals surface area contributed by atoms with E-state index in [-0.39, 0.29) is 28.6 Å². The molecule has 18 heavy (non-hydrogen) atoms. The normalized spacial score (nSPS) is 42.3. The van der Waals surface area contributed by atoms with E-state index in [4.69, 9.17) is 10.5 Å². The Morgan fingerprint density at radius 1 is 1.17 bits per heavy atom. The summed E-state index contributed by atoms with van der Waals surface area (Å²) in [5.74, 6) is 0. The average molecular weight is 255 g/mol. The molecule has 2 rings (SSSR count). The lowest BCUT2D eigenvalue weighted by molar-refractivity contribution is -0.0666. The van der Waals surface area contributed by atoms with E-state index < -0.39 is 0 Å². The molecule has 2 aliphatic rings. The molecule has 3 N–H and O–H groups in total. The molecule has 0 aromatic carbocycles. The van der Waals surface area contributed by atoms with E-state index in [9.17, 15) is 5.11 Å². The van der Waals surface area contributed by atoms with E-state index in [0.29, 0.717) is 6.54 Å². The predicted octanol–water partition coefficient (Wildman–Crippen LogP) is 2.46. The van der Waals surface area contributed by atoms with Gasteiger partial charge in [-0.05, 0) is 51.4 Å². The van der Waals surface area contributed by atoms with Crippen molar-refractivity contribution >= 4 is 0 Å². The Balaban J connectivity index is 2.07. The Morgan fingerprint density at radius 2 is 1.83 bits per heavy atom. The van der Waals surface area contributed by atoms with Gasteiger partial charge in [-0.3, -0.25) is 0 Å². The highest BCUT2D eigenvalue weighted by Gasteiger charge is 2.52. The van der Waals surface area contributed by atoms with Crippen molar-refractivity contribution in [2.75, 3.05) is 6.54 Å². The molecular formula is C15H29NO2. The summed E-state index contributed by atoms with van der Waals surface area (Å²) in [5.41, 5.74) is 5.87. The van der Waals surface area contributed by atoms with Crippen LogP contribution in [0.4, 0.5) is 0 Å². The highest BCUT2D eigenvalue weighted by molar-refractivity contribution is 5.03. The van der Waals surface area contributed by atoms with E-state index >= 15 is 0 Å². The van der Waals surface area contributed by atoms with Gasteiger partial charge >= 0.3 is 0 Å². The molecule has 1 saturated carbocycles. The molecule has 1 saturated heterocycles. The summed E-state index contributed by atoms with van der Waals surface area (Å²) in [7, 11) is 0. The fraction of sp³-hybridized carbons (Fsp3) is 1.00. The quantitative estimate of drug-likeness (QED) is 0.814. The number of rotatable bonds is 3. The number of ether oxygens (including phenoxy) is 1. The molecule has 3 nitrogen and oxygen atoms in total. The van der Waals surface area contributed by atoms with Crippen molar-refractivity contribution in [3.8, 4) is 0 Å². The standard InChI is InChI=1S/C15H29NO2/c1-13(2)7-8-15(10-16,12(13)17)9-11-5-6-14(3,4)18-11/h11-12,17H,5-10,16H2,1-4H3. The van der Waals surface area contributed by atoms with Gasteiger partial charge in [0.25, 0.3) is 0 Å². The molecule has 2 fully saturated rings. The van der Waals surface area contributed by atoms with Crippen molar-refractivity contribution in [1.82, 2.24) is 0 Å². The summed E-state index contributed by atoms with van der Waals surface area (Å²) in [6, 6.07) is 0. The molecule has 0 aromatic rings. The number of hydrogen-bond acceptors (Lipinski definition) is 3. The first-order chi connectivity index (χ1) is 8.21. The molecule has 0 spiro atoms. The number of nitrogens with two attached hydrogens (primary N) is 1. The van der Waals surface area contributed by atoms with Gasteiger partial charge in [-0.1, -0.05) is 13.8 Å². The summed E-state index contributed by atoms with van der Waals surface area (Å²) >= 11 is 0. The molecule has 1 aliphatic carbocycles. The van der Waals surface area contributed by atoms with Gasteiger partial charge in [0.15, 0.2) is 0 Å². The first kappa shape index (κ1) is 14.3. The molecule has 0 amide bonds. The molecule has 1 aliphatic heterocycles. The molecule has 3 atom stereocenters. The summed E-state index contributed by atoms with van der Waals surface area (Å²) in [4.78, 5) is 0. The number of hydrogen-bond donors (Lipinski definition) is 2. The number of aliphatic hydroxyl groups is 1. The Morgan fingerprint density at radius 3 is 2.22 bits per heavy atom. The van der Waals surface area contributed by atoms with Gasteiger partial charge in [0.2, 0.25) is 0 Å². The van der Waals surface area contributed by atoms with Gasteiger partial charge in [-0.2, -0.15) is 0 Å². The largest absolute Gasteiger partial charge is 0.392 e. The molecule has 0 radical (unpaired) electrons. The lowest BCUT2D eigenvalue weighted by Crippen LogP contribution is -2.45. The zero-order valence-electron chi connectivity index (χ0n) is 12.3. The van der Waals surface area contributed by atoms with Crippen LogP contribution in [0.5, 0.6) is 0 Å².